The van der Waals surface area contributed by atoms with Crippen molar-refractivity contribution >= 4 is 23.2 Å². The molecule has 2 aromatic carbocycles. The molecule has 3 heterocycles. The molecule has 1 aromatic heterocycles. The predicted molar refractivity (Wildman–Crippen MR) is 108 cm³/mol. The number of carbonyl (C=O) groups excluding carboxylic acids is 2. The molecular weight excluding hydrogens is 366 g/mol. The number of para-hydroxylation sites is 1. The van der Waals surface area contributed by atoms with Gasteiger partial charge in [0.05, 0.1) is 17.4 Å². The molecule has 2 amide bonds. The summed E-state index contributed by atoms with van der Waals surface area (Å²) in [5.74, 6) is -1.23. The molecule has 0 unspecified atom stereocenters. The molecule has 29 heavy (non-hydrogen) atoms. The van der Waals surface area contributed by atoms with E-state index in [1.165, 1.54) is 4.90 Å². The van der Waals surface area contributed by atoms with E-state index in [2.05, 4.69) is 4.98 Å². The number of pyridine rings is 1. The lowest BCUT2D eigenvalue weighted by Gasteiger charge is -2.28. The number of rotatable bonds is 3. The van der Waals surface area contributed by atoms with Crippen molar-refractivity contribution in [3.05, 3.63) is 90.3 Å². The van der Waals surface area contributed by atoms with Gasteiger partial charge in [0.1, 0.15) is 5.92 Å². The molecule has 2 aliphatic rings. The highest BCUT2D eigenvalue weighted by atomic mass is 16.7. The Labute approximate surface area is 168 Å². The first-order valence-corrected chi connectivity index (χ1v) is 9.50. The second-order valence-electron chi connectivity index (χ2n) is 7.30. The number of aryl methyl sites for hydroxylation is 1. The molecule has 144 valence electrons. The average Bonchev–Trinajstić information content (AvgIpc) is 3.26. The standard InChI is InChI=1S/C23H19N3O3/c1-15-7-5-11-18(13-15)25-22(27)19-20(16-8-6-12-24-14-16)26(29-21(19)23(25)28)17-9-3-2-4-10-17/h2-14,19-21H,1H3/t19-,20+,21-/m0/s1. The topological polar surface area (TPSA) is 62.7 Å². The van der Waals surface area contributed by atoms with Gasteiger partial charge in [0, 0.05) is 12.4 Å². The van der Waals surface area contributed by atoms with Crippen LogP contribution < -0.4 is 9.96 Å². The van der Waals surface area contributed by atoms with E-state index in [9.17, 15) is 9.59 Å². The minimum atomic E-state index is -0.867. The molecule has 0 radical (unpaired) electrons. The summed E-state index contributed by atoms with van der Waals surface area (Å²) in [4.78, 5) is 38.2. The van der Waals surface area contributed by atoms with Gasteiger partial charge in [0.2, 0.25) is 5.91 Å². The van der Waals surface area contributed by atoms with E-state index in [0.29, 0.717) is 5.69 Å². The Morgan fingerprint density at radius 1 is 0.897 bits per heavy atom. The second kappa shape index (κ2) is 6.83. The average molecular weight is 385 g/mol. The van der Waals surface area contributed by atoms with Gasteiger partial charge in [-0.25, -0.2) is 9.96 Å². The fraction of sp³-hybridized carbons (Fsp3) is 0.174. The van der Waals surface area contributed by atoms with E-state index in [1.807, 2.05) is 67.6 Å². The summed E-state index contributed by atoms with van der Waals surface area (Å²) in [7, 11) is 0. The van der Waals surface area contributed by atoms with Crippen LogP contribution in [0.4, 0.5) is 11.4 Å². The van der Waals surface area contributed by atoms with E-state index in [1.54, 1.807) is 23.5 Å². The van der Waals surface area contributed by atoms with Gasteiger partial charge in [-0.3, -0.25) is 19.4 Å². The van der Waals surface area contributed by atoms with E-state index in [4.69, 9.17) is 4.84 Å². The van der Waals surface area contributed by atoms with Crippen LogP contribution in [0.5, 0.6) is 0 Å². The molecule has 2 saturated heterocycles. The van der Waals surface area contributed by atoms with E-state index in [0.717, 1.165) is 16.8 Å². The Kier molecular flexibility index (Phi) is 4.14. The van der Waals surface area contributed by atoms with Gasteiger partial charge < -0.3 is 0 Å². The van der Waals surface area contributed by atoms with Crippen LogP contribution in [0.15, 0.2) is 79.1 Å². The van der Waals surface area contributed by atoms with Crippen molar-refractivity contribution in [2.75, 3.05) is 9.96 Å². The van der Waals surface area contributed by atoms with E-state index >= 15 is 0 Å². The molecule has 0 aliphatic carbocycles. The highest BCUT2D eigenvalue weighted by Crippen LogP contribution is 2.47. The van der Waals surface area contributed by atoms with Crippen molar-refractivity contribution in [1.29, 1.82) is 0 Å². The number of carbonyl (C=O) groups is 2. The molecule has 3 atom stereocenters. The summed E-state index contributed by atoms with van der Waals surface area (Å²) in [6.45, 7) is 1.93. The molecule has 0 bridgehead atoms. The summed E-state index contributed by atoms with van der Waals surface area (Å²) in [6.07, 6.45) is 2.54. The number of aromatic nitrogens is 1. The minimum absolute atomic E-state index is 0.252. The quantitative estimate of drug-likeness (QED) is 0.647. The van der Waals surface area contributed by atoms with Crippen LogP contribution in [0.3, 0.4) is 0 Å². The smallest absolute Gasteiger partial charge is 0.266 e. The molecule has 2 fully saturated rings. The number of anilines is 2. The molecule has 6 heteroatoms. The third-order valence-corrected chi connectivity index (χ3v) is 5.41. The molecular formula is C23H19N3O3. The first-order valence-electron chi connectivity index (χ1n) is 9.50. The SMILES string of the molecule is Cc1cccc(N2C(=O)[C@@H]3[C@H](ON(c4ccccc4)[C@@H]3c3cccnc3)C2=O)c1. The van der Waals surface area contributed by atoms with Gasteiger partial charge in [-0.1, -0.05) is 36.4 Å². The van der Waals surface area contributed by atoms with Gasteiger partial charge in [-0.05, 0) is 48.4 Å². The first kappa shape index (κ1) is 17.6. The lowest BCUT2D eigenvalue weighted by molar-refractivity contribution is -0.126. The molecule has 6 nitrogen and oxygen atoms in total. The van der Waals surface area contributed by atoms with Crippen LogP contribution >= 0.6 is 0 Å². The maximum Gasteiger partial charge on any atom is 0.266 e. The number of fused-ring (bicyclic) bond motifs is 1. The van der Waals surface area contributed by atoms with Gasteiger partial charge in [-0.2, -0.15) is 0 Å². The summed E-state index contributed by atoms with van der Waals surface area (Å²) in [5, 5.41) is 1.68. The highest BCUT2D eigenvalue weighted by molar-refractivity contribution is 6.23. The normalized spacial score (nSPS) is 23.6. The van der Waals surface area contributed by atoms with Gasteiger partial charge >= 0.3 is 0 Å². The number of amides is 2. The maximum absolute atomic E-state index is 13.4. The first-order chi connectivity index (χ1) is 14.1. The summed E-state index contributed by atoms with van der Waals surface area (Å²) in [6, 6.07) is 20.2. The zero-order valence-corrected chi connectivity index (χ0v) is 15.8. The third kappa shape index (κ3) is 2.80. The number of hydrogen-bond donors (Lipinski definition) is 0. The number of imide groups is 1. The molecule has 0 saturated carbocycles. The zero-order valence-electron chi connectivity index (χ0n) is 15.8. The zero-order chi connectivity index (χ0) is 20.0. The summed E-state index contributed by atoms with van der Waals surface area (Å²) in [5.41, 5.74) is 3.18. The number of hydroxylamine groups is 1. The number of benzene rings is 2. The Bertz CT molecular complexity index is 1070. The van der Waals surface area contributed by atoms with Gasteiger partial charge in [-0.15, -0.1) is 0 Å². The van der Waals surface area contributed by atoms with Crippen molar-refractivity contribution in [2.24, 2.45) is 5.92 Å². The van der Waals surface area contributed by atoms with Gasteiger partial charge in [0.15, 0.2) is 6.10 Å². The lowest BCUT2D eigenvalue weighted by atomic mass is 9.91. The van der Waals surface area contributed by atoms with Crippen molar-refractivity contribution in [3.63, 3.8) is 0 Å². The third-order valence-electron chi connectivity index (χ3n) is 5.41. The van der Waals surface area contributed by atoms with Crippen LogP contribution in [0, 0.1) is 12.8 Å². The fourth-order valence-corrected chi connectivity index (χ4v) is 4.12. The van der Waals surface area contributed by atoms with Gasteiger partial charge in [0.25, 0.3) is 5.91 Å². The molecule has 3 aromatic rings. The molecule has 5 rings (SSSR count). The van der Waals surface area contributed by atoms with Crippen molar-refractivity contribution in [2.45, 2.75) is 19.1 Å². The minimum Gasteiger partial charge on any atom is -0.273 e. The van der Waals surface area contributed by atoms with Crippen LogP contribution in [0.25, 0.3) is 0 Å². The van der Waals surface area contributed by atoms with Crippen molar-refractivity contribution in [1.82, 2.24) is 4.98 Å². The van der Waals surface area contributed by atoms with Crippen LogP contribution in [-0.2, 0) is 14.4 Å². The van der Waals surface area contributed by atoms with Crippen LogP contribution in [0.2, 0.25) is 0 Å². The van der Waals surface area contributed by atoms with Crippen molar-refractivity contribution < 1.29 is 14.4 Å². The van der Waals surface area contributed by atoms with Crippen LogP contribution in [-0.4, -0.2) is 22.9 Å². The van der Waals surface area contributed by atoms with Crippen molar-refractivity contribution in [3.8, 4) is 0 Å². The maximum atomic E-state index is 13.4. The summed E-state index contributed by atoms with van der Waals surface area (Å²) >= 11 is 0. The molecule has 0 N–H and O–H groups in total. The van der Waals surface area contributed by atoms with E-state index in [-0.39, 0.29) is 11.8 Å². The van der Waals surface area contributed by atoms with Crippen LogP contribution in [0.1, 0.15) is 17.2 Å². The number of hydrogen-bond acceptors (Lipinski definition) is 5. The Morgan fingerprint density at radius 3 is 2.41 bits per heavy atom. The largest absolute Gasteiger partial charge is 0.273 e. The Hall–Kier alpha value is -3.51. The molecule has 2 aliphatic heterocycles. The monoisotopic (exact) mass is 385 g/mol. The Morgan fingerprint density at radius 2 is 1.69 bits per heavy atom. The van der Waals surface area contributed by atoms with E-state index < -0.39 is 18.1 Å². The second-order valence-corrected chi connectivity index (χ2v) is 7.30. The molecule has 0 spiro atoms. The number of nitrogens with zero attached hydrogens (tertiary/aromatic N) is 3. The lowest BCUT2D eigenvalue weighted by Crippen LogP contribution is -2.37. The Balaban J connectivity index is 1.59. The predicted octanol–water partition coefficient (Wildman–Crippen LogP) is 3.44. The fourth-order valence-electron chi connectivity index (χ4n) is 4.12. The highest BCUT2D eigenvalue weighted by Gasteiger charge is 2.60. The summed E-state index contributed by atoms with van der Waals surface area (Å²) < 4.78 is 0.